The van der Waals surface area contributed by atoms with Crippen molar-refractivity contribution < 1.29 is 19.4 Å². The number of benzene rings is 1. The highest BCUT2D eigenvalue weighted by atomic mass is 35.5. The molecule has 1 aromatic heterocycles. The van der Waals surface area contributed by atoms with Gasteiger partial charge in [-0.25, -0.2) is 0 Å². The first kappa shape index (κ1) is 16.4. The number of rotatable bonds is 6. The fourth-order valence-corrected chi connectivity index (χ4v) is 2.41. The summed E-state index contributed by atoms with van der Waals surface area (Å²) in [6, 6.07) is 7.67. The van der Waals surface area contributed by atoms with E-state index in [9.17, 15) is 15.0 Å². The average molecular weight is 324 g/mol. The number of hydrogen-bond donors (Lipinski definition) is 3. The van der Waals surface area contributed by atoms with Crippen molar-refractivity contribution >= 4 is 17.5 Å². The third-order valence-corrected chi connectivity index (χ3v) is 3.60. The van der Waals surface area contributed by atoms with Crippen LogP contribution in [0.2, 0.25) is 5.02 Å². The van der Waals surface area contributed by atoms with Gasteiger partial charge in [-0.2, -0.15) is 0 Å². The summed E-state index contributed by atoms with van der Waals surface area (Å²) in [5.74, 6) is 0.332. The van der Waals surface area contributed by atoms with E-state index in [-0.39, 0.29) is 24.1 Å². The number of amides is 1. The first-order valence-corrected chi connectivity index (χ1v) is 7.31. The zero-order valence-electron chi connectivity index (χ0n) is 12.1. The van der Waals surface area contributed by atoms with E-state index in [4.69, 9.17) is 16.0 Å². The highest BCUT2D eigenvalue weighted by Gasteiger charge is 2.17. The second kappa shape index (κ2) is 7.33. The predicted molar refractivity (Wildman–Crippen MR) is 82.7 cm³/mol. The Morgan fingerprint density at radius 2 is 2.18 bits per heavy atom. The van der Waals surface area contributed by atoms with Crippen LogP contribution in [-0.4, -0.2) is 22.2 Å². The lowest BCUT2D eigenvalue weighted by Gasteiger charge is -2.17. The molecule has 2 aromatic rings. The lowest BCUT2D eigenvalue weighted by atomic mass is 10.1. The number of phenolic OH excluding ortho intramolecular Hbond substituents is 1. The van der Waals surface area contributed by atoms with Crippen LogP contribution in [0.15, 0.2) is 41.0 Å². The molecule has 22 heavy (non-hydrogen) atoms. The zero-order chi connectivity index (χ0) is 16.1. The second-order valence-electron chi connectivity index (χ2n) is 5.19. The topological polar surface area (TPSA) is 82.7 Å². The number of halogens is 1. The van der Waals surface area contributed by atoms with Crippen molar-refractivity contribution in [2.75, 3.05) is 0 Å². The van der Waals surface area contributed by atoms with Gasteiger partial charge in [-0.05, 0) is 36.8 Å². The first-order valence-electron chi connectivity index (χ1n) is 6.94. The number of aliphatic hydroxyl groups excluding tert-OH is 1. The van der Waals surface area contributed by atoms with Crippen LogP contribution in [0.1, 0.15) is 30.8 Å². The maximum atomic E-state index is 12.0. The third-order valence-electron chi connectivity index (χ3n) is 3.24. The van der Waals surface area contributed by atoms with Crippen molar-refractivity contribution in [3.8, 4) is 5.75 Å². The van der Waals surface area contributed by atoms with Gasteiger partial charge in [-0.1, -0.05) is 17.7 Å². The summed E-state index contributed by atoms with van der Waals surface area (Å²) in [6.45, 7) is 1.81. The van der Waals surface area contributed by atoms with E-state index in [1.54, 1.807) is 18.2 Å². The normalized spacial score (nSPS) is 13.6. The van der Waals surface area contributed by atoms with Crippen LogP contribution in [0.4, 0.5) is 0 Å². The first-order chi connectivity index (χ1) is 10.5. The maximum absolute atomic E-state index is 12.0. The average Bonchev–Trinajstić information content (AvgIpc) is 2.95. The molecule has 2 rings (SSSR count). The Kier molecular flexibility index (Phi) is 5.46. The van der Waals surface area contributed by atoms with Crippen LogP contribution in [0.5, 0.6) is 5.75 Å². The summed E-state index contributed by atoms with van der Waals surface area (Å²) in [7, 11) is 0. The molecule has 2 unspecified atom stereocenters. The van der Waals surface area contributed by atoms with Crippen molar-refractivity contribution in [2.24, 2.45) is 0 Å². The van der Waals surface area contributed by atoms with Gasteiger partial charge < -0.3 is 19.9 Å². The summed E-state index contributed by atoms with van der Waals surface area (Å²) in [4.78, 5) is 12.0. The standard InChI is InChI=1S/C16H18ClNO4/c1-10(7-14(20)15-3-2-6-22-15)18-16(21)8-11-4-5-12(19)9-13(11)17/h2-6,9-10,14,19-20H,7-8H2,1H3,(H,18,21). The molecule has 0 saturated carbocycles. The van der Waals surface area contributed by atoms with Crippen molar-refractivity contribution in [3.05, 3.63) is 52.9 Å². The Hall–Kier alpha value is -1.98. The van der Waals surface area contributed by atoms with Gasteiger partial charge in [-0.15, -0.1) is 0 Å². The SMILES string of the molecule is CC(CC(O)c1ccco1)NC(=O)Cc1ccc(O)cc1Cl. The molecule has 0 radical (unpaired) electrons. The summed E-state index contributed by atoms with van der Waals surface area (Å²) >= 11 is 5.97. The molecule has 0 aliphatic rings. The van der Waals surface area contributed by atoms with Crippen LogP contribution in [0.3, 0.4) is 0 Å². The number of carbonyl (C=O) groups is 1. The van der Waals surface area contributed by atoms with E-state index in [2.05, 4.69) is 5.32 Å². The van der Waals surface area contributed by atoms with E-state index < -0.39 is 6.10 Å². The Labute approximate surface area is 133 Å². The van der Waals surface area contributed by atoms with E-state index in [0.29, 0.717) is 22.8 Å². The molecule has 0 fully saturated rings. The van der Waals surface area contributed by atoms with Crippen LogP contribution in [-0.2, 0) is 11.2 Å². The van der Waals surface area contributed by atoms with Gasteiger partial charge in [0.05, 0.1) is 12.7 Å². The van der Waals surface area contributed by atoms with E-state index in [1.165, 1.54) is 18.4 Å². The minimum Gasteiger partial charge on any atom is -0.508 e. The Morgan fingerprint density at radius 1 is 1.41 bits per heavy atom. The molecule has 1 amide bonds. The van der Waals surface area contributed by atoms with Crippen LogP contribution in [0.25, 0.3) is 0 Å². The van der Waals surface area contributed by atoms with Crippen LogP contribution in [0, 0.1) is 0 Å². The molecule has 0 aliphatic heterocycles. The van der Waals surface area contributed by atoms with Crippen molar-refractivity contribution in [1.29, 1.82) is 0 Å². The second-order valence-corrected chi connectivity index (χ2v) is 5.60. The molecule has 5 nitrogen and oxygen atoms in total. The molecule has 118 valence electrons. The summed E-state index contributed by atoms with van der Waals surface area (Å²) in [5.41, 5.74) is 0.635. The fraction of sp³-hybridized carbons (Fsp3) is 0.312. The molecule has 0 saturated heterocycles. The van der Waals surface area contributed by atoms with Gasteiger partial charge in [0.25, 0.3) is 0 Å². The molecule has 0 bridgehead atoms. The Balaban J connectivity index is 1.86. The third kappa shape index (κ3) is 4.51. The fourth-order valence-electron chi connectivity index (χ4n) is 2.17. The minimum atomic E-state index is -0.762. The number of carbonyl (C=O) groups excluding carboxylic acids is 1. The lowest BCUT2D eigenvalue weighted by molar-refractivity contribution is -0.121. The summed E-state index contributed by atoms with van der Waals surface area (Å²) in [5, 5.41) is 22.4. The molecular formula is C16H18ClNO4. The minimum absolute atomic E-state index is 0.0593. The van der Waals surface area contributed by atoms with Crippen LogP contribution >= 0.6 is 11.6 Å². The molecule has 0 spiro atoms. The van der Waals surface area contributed by atoms with Gasteiger partial charge in [0.2, 0.25) is 5.91 Å². The number of phenols is 1. The van der Waals surface area contributed by atoms with Gasteiger partial charge in [-0.3, -0.25) is 4.79 Å². The smallest absolute Gasteiger partial charge is 0.224 e. The van der Waals surface area contributed by atoms with Gasteiger partial charge in [0, 0.05) is 17.5 Å². The Morgan fingerprint density at radius 3 is 2.82 bits per heavy atom. The molecule has 3 N–H and O–H groups in total. The highest BCUT2D eigenvalue weighted by Crippen LogP contribution is 2.22. The van der Waals surface area contributed by atoms with E-state index >= 15 is 0 Å². The lowest BCUT2D eigenvalue weighted by Crippen LogP contribution is -2.34. The monoisotopic (exact) mass is 323 g/mol. The maximum Gasteiger partial charge on any atom is 0.224 e. The molecule has 1 aromatic carbocycles. The van der Waals surface area contributed by atoms with Gasteiger partial charge >= 0.3 is 0 Å². The predicted octanol–water partition coefficient (Wildman–Crippen LogP) is 2.81. The zero-order valence-corrected chi connectivity index (χ0v) is 12.9. The van der Waals surface area contributed by atoms with E-state index in [0.717, 1.165) is 0 Å². The van der Waals surface area contributed by atoms with Crippen molar-refractivity contribution in [1.82, 2.24) is 5.32 Å². The molecular weight excluding hydrogens is 306 g/mol. The Bertz CT molecular complexity index is 627. The van der Waals surface area contributed by atoms with Gasteiger partial charge in [0.15, 0.2) is 0 Å². The van der Waals surface area contributed by atoms with Crippen molar-refractivity contribution in [2.45, 2.75) is 31.9 Å². The highest BCUT2D eigenvalue weighted by molar-refractivity contribution is 6.31. The molecule has 0 aliphatic carbocycles. The quantitative estimate of drug-likeness (QED) is 0.763. The number of furan rings is 1. The van der Waals surface area contributed by atoms with Crippen molar-refractivity contribution in [3.63, 3.8) is 0 Å². The summed E-state index contributed by atoms with van der Waals surface area (Å²) in [6.07, 6.45) is 1.19. The number of hydrogen-bond acceptors (Lipinski definition) is 4. The molecule has 1 heterocycles. The number of nitrogens with one attached hydrogen (secondary N) is 1. The molecule has 6 heteroatoms. The summed E-state index contributed by atoms with van der Waals surface area (Å²) < 4.78 is 5.12. The number of aliphatic hydroxyl groups is 1. The number of aromatic hydroxyl groups is 1. The van der Waals surface area contributed by atoms with Gasteiger partial charge in [0.1, 0.15) is 17.6 Å². The molecule has 2 atom stereocenters. The van der Waals surface area contributed by atoms with Crippen LogP contribution < -0.4 is 5.32 Å². The van der Waals surface area contributed by atoms with E-state index in [1.807, 2.05) is 6.92 Å². The largest absolute Gasteiger partial charge is 0.508 e.